The van der Waals surface area contributed by atoms with E-state index in [9.17, 15) is 0 Å². The Bertz CT molecular complexity index is 2760. The number of benzene rings is 5. The van der Waals surface area contributed by atoms with Crippen LogP contribution in [0.25, 0.3) is 82.5 Å². The number of furan rings is 1. The fourth-order valence-corrected chi connectivity index (χ4v) is 8.19. The average molecular weight is 836 g/mol. The molecule has 5 heteroatoms. The number of hydrogen-bond acceptors (Lipinski definition) is 3. The van der Waals surface area contributed by atoms with Crippen LogP contribution >= 0.6 is 0 Å². The van der Waals surface area contributed by atoms with Crippen LogP contribution in [0.1, 0.15) is 31.2 Å². The van der Waals surface area contributed by atoms with Gasteiger partial charge in [-0.3, -0.25) is 0 Å². The van der Waals surface area contributed by atoms with Crippen molar-refractivity contribution in [3.8, 4) is 22.5 Å². The van der Waals surface area contributed by atoms with Gasteiger partial charge in [0, 0.05) is 54.0 Å². The molecule has 5 aromatic carbocycles. The first-order valence-electron chi connectivity index (χ1n) is 17.6. The van der Waals surface area contributed by atoms with Gasteiger partial charge in [-0.2, -0.15) is 0 Å². The van der Waals surface area contributed by atoms with Crippen molar-refractivity contribution in [3.05, 3.63) is 151 Å². The van der Waals surface area contributed by atoms with Crippen LogP contribution in [0, 0.1) is 18.1 Å². The van der Waals surface area contributed by atoms with E-state index >= 15 is 0 Å². The third-order valence-corrected chi connectivity index (χ3v) is 10.5. The normalized spacial score (nSPS) is 13.4. The Balaban J connectivity index is 0.000000228. The van der Waals surface area contributed by atoms with Gasteiger partial charge < -0.3 is 18.8 Å². The molecule has 0 atom stereocenters. The second-order valence-corrected chi connectivity index (χ2v) is 13.5. The molecule has 4 nitrogen and oxygen atoms in total. The van der Waals surface area contributed by atoms with Crippen molar-refractivity contribution in [2.75, 3.05) is 0 Å². The third-order valence-electron chi connectivity index (χ3n) is 10.5. The largest absolute Gasteiger partial charge is 0.454 e. The quantitative estimate of drug-likeness (QED) is 0.166. The smallest absolute Gasteiger partial charge is 0.159 e. The van der Waals surface area contributed by atoms with E-state index in [2.05, 4.69) is 94.3 Å². The fraction of sp³-hybridized carbons (Fsp3) is 0.130. The molecule has 5 heterocycles. The van der Waals surface area contributed by atoms with Gasteiger partial charge in [0.15, 0.2) is 5.58 Å². The Labute approximate surface area is 309 Å². The predicted octanol–water partition coefficient (Wildman–Crippen LogP) is 11.9. The van der Waals surface area contributed by atoms with E-state index in [1.807, 2.05) is 54.7 Å². The number of aromatic nitrogens is 3. The van der Waals surface area contributed by atoms with Crippen molar-refractivity contribution in [2.45, 2.75) is 32.1 Å². The van der Waals surface area contributed by atoms with Crippen LogP contribution < -0.4 is 0 Å². The average Bonchev–Trinajstić information content (AvgIpc) is 3.97. The molecule has 1 aliphatic carbocycles. The van der Waals surface area contributed by atoms with E-state index in [0.29, 0.717) is 0 Å². The molecule has 0 aliphatic heterocycles. The fourth-order valence-electron chi connectivity index (χ4n) is 8.19. The van der Waals surface area contributed by atoms with E-state index in [1.54, 1.807) is 6.20 Å². The summed E-state index contributed by atoms with van der Waals surface area (Å²) in [6.07, 6.45) is 10.4. The van der Waals surface area contributed by atoms with Gasteiger partial charge in [-0.05, 0) is 58.9 Å². The summed E-state index contributed by atoms with van der Waals surface area (Å²) in [6.45, 7) is 0. The van der Waals surface area contributed by atoms with Gasteiger partial charge in [-0.25, -0.2) is 0 Å². The molecule has 51 heavy (non-hydrogen) atoms. The van der Waals surface area contributed by atoms with E-state index < -0.39 is 0 Å². The van der Waals surface area contributed by atoms with E-state index in [0.717, 1.165) is 67.8 Å². The summed E-state index contributed by atoms with van der Waals surface area (Å²) < 4.78 is 8.89. The summed E-state index contributed by atoms with van der Waals surface area (Å²) in [6, 6.07) is 48.7. The molecule has 10 aromatic rings. The van der Waals surface area contributed by atoms with Gasteiger partial charge in [0.05, 0.1) is 11.0 Å². The number of hydrogen-bond donors (Lipinski definition) is 0. The van der Waals surface area contributed by atoms with Gasteiger partial charge in [0.2, 0.25) is 0 Å². The zero-order valence-electron chi connectivity index (χ0n) is 27.9. The number of nitrogens with zero attached hydrogens (tertiary/aromatic N) is 3. The van der Waals surface area contributed by atoms with E-state index in [-0.39, 0.29) is 20.1 Å². The van der Waals surface area contributed by atoms with Crippen LogP contribution in [0.4, 0.5) is 0 Å². The Morgan fingerprint density at radius 3 is 2.24 bits per heavy atom. The molecule has 0 amide bonds. The monoisotopic (exact) mass is 836 g/mol. The van der Waals surface area contributed by atoms with Crippen LogP contribution in [0.15, 0.2) is 138 Å². The second kappa shape index (κ2) is 13.1. The number of fused-ring (bicyclic) bond motifs is 10. The SMILES string of the molecule is [Ir].[c-]1cc2c(cc1-c1cc(CC3CCCC3)ccn1)c1cccc3c4ccc5c6ccccc6oc5c4n2c13.[c-]1ccccc1-c1ccccn1. The third kappa shape index (κ3) is 5.40. The molecule has 1 aliphatic rings. The van der Waals surface area contributed by atoms with Gasteiger partial charge in [0.25, 0.3) is 0 Å². The van der Waals surface area contributed by atoms with Gasteiger partial charge in [-0.15, -0.1) is 59.7 Å². The van der Waals surface area contributed by atoms with Crippen molar-refractivity contribution >= 4 is 60.0 Å². The van der Waals surface area contributed by atoms with Crippen molar-refractivity contribution < 1.29 is 24.5 Å². The van der Waals surface area contributed by atoms with Crippen molar-refractivity contribution in [1.82, 2.24) is 14.4 Å². The van der Waals surface area contributed by atoms with Crippen LogP contribution in [0.5, 0.6) is 0 Å². The Hall–Kier alpha value is -5.35. The Morgan fingerprint density at radius 2 is 1.39 bits per heavy atom. The summed E-state index contributed by atoms with van der Waals surface area (Å²) in [4.78, 5) is 8.98. The first-order valence-corrected chi connectivity index (χ1v) is 17.6. The molecular formula is C46H33IrN3O-2. The molecular weight excluding hydrogens is 803 g/mol. The van der Waals surface area contributed by atoms with Gasteiger partial charge in [-0.1, -0.05) is 97.3 Å². The minimum absolute atomic E-state index is 0. The van der Waals surface area contributed by atoms with Crippen molar-refractivity contribution in [1.29, 1.82) is 0 Å². The maximum atomic E-state index is 6.50. The molecule has 0 bridgehead atoms. The number of para-hydroxylation sites is 2. The summed E-state index contributed by atoms with van der Waals surface area (Å²) in [7, 11) is 0. The maximum Gasteiger partial charge on any atom is 0.159 e. The summed E-state index contributed by atoms with van der Waals surface area (Å²) >= 11 is 0. The van der Waals surface area contributed by atoms with Crippen LogP contribution in [0.3, 0.4) is 0 Å². The second-order valence-electron chi connectivity index (χ2n) is 13.5. The first-order chi connectivity index (χ1) is 24.8. The topological polar surface area (TPSA) is 43.3 Å². The van der Waals surface area contributed by atoms with Crippen molar-refractivity contribution in [3.63, 3.8) is 0 Å². The molecule has 0 unspecified atom stereocenters. The Morgan fingerprint density at radius 1 is 0.627 bits per heavy atom. The van der Waals surface area contributed by atoms with Gasteiger partial charge >= 0.3 is 0 Å². The molecule has 11 rings (SSSR count). The molecule has 1 saturated carbocycles. The van der Waals surface area contributed by atoms with Crippen LogP contribution in [-0.2, 0) is 26.5 Å². The maximum absolute atomic E-state index is 6.50. The van der Waals surface area contributed by atoms with Crippen LogP contribution in [0.2, 0.25) is 0 Å². The van der Waals surface area contributed by atoms with Gasteiger partial charge in [0.1, 0.15) is 5.58 Å². The minimum atomic E-state index is 0. The van der Waals surface area contributed by atoms with Crippen LogP contribution in [-0.4, -0.2) is 14.4 Å². The number of pyridine rings is 2. The standard InChI is InChI=1S/C35H25N2O.C11H8N.Ir/c1-2-7-21(6-1)18-22-16-17-36-30(19-22)23-12-15-31-29(20-23)26-10-5-9-25-27-13-14-28-24-8-3-4-11-32(24)38-35(28)34(27)37(31)33(25)26;1-2-6-10(7-3-1)11-8-4-5-9-12-11;/h3-5,8-11,13-17,19-21H,1-2,6-7,18H2;1-6,8-9H;/q2*-1;. The molecule has 1 radical (unpaired) electrons. The summed E-state index contributed by atoms with van der Waals surface area (Å²) in [5.41, 5.74) is 10.9. The van der Waals surface area contributed by atoms with E-state index in [4.69, 9.17) is 9.40 Å². The Kier molecular flexibility index (Phi) is 8.11. The summed E-state index contributed by atoms with van der Waals surface area (Å²) in [5.74, 6) is 0.820. The molecule has 0 saturated heterocycles. The first kappa shape index (κ1) is 31.6. The summed E-state index contributed by atoms with van der Waals surface area (Å²) in [5, 5.41) is 7.30. The number of rotatable bonds is 4. The molecule has 0 N–H and O–H groups in total. The molecule has 0 spiro atoms. The minimum Gasteiger partial charge on any atom is -0.454 e. The predicted molar refractivity (Wildman–Crippen MR) is 205 cm³/mol. The van der Waals surface area contributed by atoms with Crippen molar-refractivity contribution in [2.24, 2.45) is 5.92 Å². The van der Waals surface area contributed by atoms with E-state index in [1.165, 1.54) is 58.3 Å². The molecule has 5 aromatic heterocycles. The zero-order valence-corrected chi connectivity index (χ0v) is 30.3. The molecule has 1 fully saturated rings. The molecule has 249 valence electrons. The zero-order chi connectivity index (χ0) is 33.0.